The van der Waals surface area contributed by atoms with E-state index < -0.39 is 6.09 Å². The summed E-state index contributed by atoms with van der Waals surface area (Å²) in [4.78, 5) is 38.2. The van der Waals surface area contributed by atoms with Crippen LogP contribution in [0.1, 0.15) is 105 Å². The molecule has 0 radical (unpaired) electrons. The molecule has 3 aromatic rings. The van der Waals surface area contributed by atoms with Crippen LogP contribution in [-0.4, -0.2) is 62.6 Å². The Morgan fingerprint density at radius 1 is 1.04 bits per heavy atom. The molecule has 1 aromatic carbocycles. The Labute approximate surface area is 293 Å². The third-order valence-electron chi connectivity index (χ3n) is 10.9. The van der Waals surface area contributed by atoms with Gasteiger partial charge in [-0.05, 0) is 90.7 Å². The van der Waals surface area contributed by atoms with Crippen LogP contribution in [0.4, 0.5) is 10.5 Å². The van der Waals surface area contributed by atoms with Crippen molar-refractivity contribution in [2.75, 3.05) is 26.2 Å². The lowest BCUT2D eigenvalue weighted by molar-refractivity contribution is -0.130. The molecule has 1 saturated heterocycles. The van der Waals surface area contributed by atoms with Crippen LogP contribution in [0.5, 0.6) is 5.88 Å². The summed E-state index contributed by atoms with van der Waals surface area (Å²) in [6, 6.07) is 6.52. The van der Waals surface area contributed by atoms with Gasteiger partial charge in [-0.2, -0.15) is 0 Å². The maximum Gasteiger partial charge on any atom is 0.415 e. The summed E-state index contributed by atoms with van der Waals surface area (Å²) in [5.41, 5.74) is 5.23. The monoisotopic (exact) mass is 670 g/mol. The van der Waals surface area contributed by atoms with Crippen molar-refractivity contribution in [1.29, 1.82) is 0 Å². The predicted octanol–water partition coefficient (Wildman–Crippen LogP) is 9.06. The first-order chi connectivity index (χ1) is 22.9. The van der Waals surface area contributed by atoms with E-state index in [0.717, 1.165) is 29.5 Å². The zero-order valence-electron chi connectivity index (χ0n) is 31.7. The molecule has 49 heavy (non-hydrogen) atoms. The maximum atomic E-state index is 13.7. The fourth-order valence-electron chi connectivity index (χ4n) is 8.40. The molecule has 1 N–H and O–H groups in total. The Morgan fingerprint density at radius 2 is 1.69 bits per heavy atom. The Bertz CT molecular complexity index is 1720. The number of fused-ring (bicyclic) bond motifs is 1. The Morgan fingerprint density at radius 3 is 2.27 bits per heavy atom. The highest BCUT2D eigenvalue weighted by Crippen LogP contribution is 2.51. The first-order valence-electron chi connectivity index (χ1n) is 18.2. The van der Waals surface area contributed by atoms with Crippen LogP contribution >= 0.6 is 0 Å². The van der Waals surface area contributed by atoms with E-state index in [4.69, 9.17) is 16.3 Å². The standard InChI is InChI=1S/C40H58N6O3/c1-24(2)17-28-18-26(4)21-33(40(9,10)11)31(28)23-32-34(41-12)37(49-38(48)45-15-13-44(14-16-45)27(5)47)46-36(32)42-35(43-46)29-19-25(3)20-30(22-29)39(6,7)8/h19-20,22,24,26,28,31,33H,13-18,21,23H2,1-11H3,(H,42,43). The average molecular weight is 671 g/mol. The number of carbonyl (C=O) groups is 2. The van der Waals surface area contributed by atoms with Crippen LogP contribution in [0.25, 0.3) is 21.9 Å². The van der Waals surface area contributed by atoms with Crippen molar-refractivity contribution >= 4 is 23.3 Å². The van der Waals surface area contributed by atoms with Crippen molar-refractivity contribution in [3.63, 3.8) is 0 Å². The van der Waals surface area contributed by atoms with Crippen LogP contribution in [-0.2, 0) is 16.6 Å². The molecule has 2 aliphatic rings. The van der Waals surface area contributed by atoms with Crippen molar-refractivity contribution in [3.05, 3.63) is 46.3 Å². The second-order valence-corrected chi connectivity index (χ2v) is 17.5. The summed E-state index contributed by atoms with van der Waals surface area (Å²) in [5, 5.41) is 3.45. The first kappa shape index (κ1) is 36.5. The van der Waals surface area contributed by atoms with E-state index in [1.807, 2.05) is 0 Å². The van der Waals surface area contributed by atoms with Crippen LogP contribution < -0.4 is 4.74 Å². The quantitative estimate of drug-likeness (QED) is 0.265. The molecule has 4 atom stereocenters. The largest absolute Gasteiger partial charge is 0.415 e. The number of benzene rings is 1. The second kappa shape index (κ2) is 13.8. The van der Waals surface area contributed by atoms with E-state index in [2.05, 4.69) is 97.4 Å². The molecular formula is C40H58N6O3. The van der Waals surface area contributed by atoms with Gasteiger partial charge in [0.2, 0.25) is 11.8 Å². The minimum atomic E-state index is -0.516. The number of aromatic amines is 1. The van der Waals surface area contributed by atoms with E-state index in [1.54, 1.807) is 21.2 Å². The van der Waals surface area contributed by atoms with E-state index in [0.29, 0.717) is 79.3 Å². The fraction of sp³-hybridized carbons (Fsp3) is 0.650. The Hall–Kier alpha value is -3.80. The molecule has 5 rings (SSSR count). The van der Waals surface area contributed by atoms with Crippen molar-refractivity contribution in [2.24, 2.45) is 35.0 Å². The number of aryl methyl sites for hydroxylation is 1. The van der Waals surface area contributed by atoms with Crippen LogP contribution in [0.2, 0.25) is 0 Å². The first-order valence-corrected chi connectivity index (χ1v) is 18.2. The zero-order valence-corrected chi connectivity index (χ0v) is 31.7. The van der Waals surface area contributed by atoms with Gasteiger partial charge in [-0.3, -0.25) is 9.89 Å². The van der Waals surface area contributed by atoms with Gasteiger partial charge in [0.1, 0.15) is 5.65 Å². The summed E-state index contributed by atoms with van der Waals surface area (Å²) in [5.74, 6) is 3.45. The van der Waals surface area contributed by atoms with Crippen molar-refractivity contribution in [3.8, 4) is 17.3 Å². The Kier molecular flexibility index (Phi) is 10.3. The van der Waals surface area contributed by atoms with Crippen molar-refractivity contribution in [2.45, 2.75) is 107 Å². The molecule has 4 unspecified atom stereocenters. The molecule has 1 aliphatic carbocycles. The van der Waals surface area contributed by atoms with Gasteiger partial charge in [0.15, 0.2) is 5.82 Å². The smallest absolute Gasteiger partial charge is 0.402 e. The highest BCUT2D eigenvalue weighted by molar-refractivity contribution is 5.80. The normalized spacial score (nSPS) is 22.1. The van der Waals surface area contributed by atoms with Gasteiger partial charge in [0, 0.05) is 44.2 Å². The van der Waals surface area contributed by atoms with Gasteiger partial charge in [0.05, 0.1) is 6.57 Å². The van der Waals surface area contributed by atoms with E-state index in [1.165, 1.54) is 12.0 Å². The highest BCUT2D eigenvalue weighted by Gasteiger charge is 2.43. The second-order valence-electron chi connectivity index (χ2n) is 17.5. The number of carbonyl (C=O) groups excluding carboxylic acids is 2. The third kappa shape index (κ3) is 7.84. The van der Waals surface area contributed by atoms with Gasteiger partial charge < -0.3 is 14.5 Å². The number of nitrogens with zero attached hydrogens (tertiary/aromatic N) is 5. The topological polar surface area (TPSA) is 87.3 Å². The molecule has 2 amide bonds. The Balaban J connectivity index is 1.63. The number of hydrogen-bond donors (Lipinski definition) is 1. The third-order valence-corrected chi connectivity index (χ3v) is 10.9. The van der Waals surface area contributed by atoms with Crippen LogP contribution in [0.15, 0.2) is 18.2 Å². The predicted molar refractivity (Wildman–Crippen MR) is 196 cm³/mol. The van der Waals surface area contributed by atoms with Crippen LogP contribution in [0, 0.1) is 48.5 Å². The average Bonchev–Trinajstić information content (AvgIpc) is 3.55. The lowest BCUT2D eigenvalue weighted by atomic mass is 9.57. The molecular weight excluding hydrogens is 612 g/mol. The molecule has 9 nitrogen and oxygen atoms in total. The SMILES string of the molecule is [C-]#[N+]c1c(CC2C(CC(C)C)CC(C)CC2C(C)(C)C)c2nc(-c3cc(C)cc(C(C)(C)C)c3)[nH]n2c1OC(=O)N1CCN(C(C)=O)CC1. The summed E-state index contributed by atoms with van der Waals surface area (Å²) in [6.07, 6.45) is 3.67. The summed E-state index contributed by atoms with van der Waals surface area (Å²) >= 11 is 0. The minimum Gasteiger partial charge on any atom is -0.402 e. The number of H-pyrrole nitrogens is 1. The molecule has 1 saturated carbocycles. The lowest BCUT2D eigenvalue weighted by Gasteiger charge is -2.48. The number of aromatic nitrogens is 3. The molecule has 0 spiro atoms. The van der Waals surface area contributed by atoms with Gasteiger partial charge in [-0.15, -0.1) is 0 Å². The fourth-order valence-corrected chi connectivity index (χ4v) is 8.40. The molecule has 1 aliphatic heterocycles. The van der Waals surface area contributed by atoms with Gasteiger partial charge in [-0.1, -0.05) is 73.9 Å². The van der Waals surface area contributed by atoms with Gasteiger partial charge >= 0.3 is 6.09 Å². The zero-order chi connectivity index (χ0) is 36.0. The molecule has 0 bridgehead atoms. The number of hydrogen-bond acceptors (Lipinski definition) is 4. The minimum absolute atomic E-state index is 0.00144. The van der Waals surface area contributed by atoms with E-state index >= 15 is 0 Å². The van der Waals surface area contributed by atoms with Gasteiger partial charge in [-0.25, -0.2) is 19.1 Å². The summed E-state index contributed by atoms with van der Waals surface area (Å²) in [7, 11) is 0. The molecule has 266 valence electrons. The highest BCUT2D eigenvalue weighted by atomic mass is 16.6. The lowest BCUT2D eigenvalue weighted by Crippen LogP contribution is -2.50. The van der Waals surface area contributed by atoms with Crippen molar-refractivity contribution < 1.29 is 14.3 Å². The van der Waals surface area contributed by atoms with Crippen LogP contribution in [0.3, 0.4) is 0 Å². The number of ether oxygens (including phenoxy) is 1. The number of amides is 2. The molecule has 2 fully saturated rings. The van der Waals surface area contributed by atoms with E-state index in [9.17, 15) is 9.59 Å². The summed E-state index contributed by atoms with van der Waals surface area (Å²) < 4.78 is 7.90. The number of nitrogens with one attached hydrogen (secondary N) is 1. The van der Waals surface area contributed by atoms with E-state index in [-0.39, 0.29) is 22.6 Å². The van der Waals surface area contributed by atoms with Crippen molar-refractivity contribution in [1.82, 2.24) is 24.4 Å². The molecule has 9 heteroatoms. The molecule has 3 heterocycles. The number of piperazine rings is 1. The number of rotatable bonds is 6. The maximum absolute atomic E-state index is 13.7. The van der Waals surface area contributed by atoms with Gasteiger partial charge in [0.25, 0.3) is 5.69 Å². The summed E-state index contributed by atoms with van der Waals surface area (Å²) in [6.45, 7) is 34.4. The molecule has 2 aromatic heterocycles.